The fraction of sp³-hybridized carbons (Fsp3) is 0.0769. The monoisotopic (exact) mass is 428 g/mol. The van der Waals surface area contributed by atoms with Gasteiger partial charge in [-0.1, -0.05) is 24.3 Å². The molecule has 0 saturated heterocycles. The van der Waals surface area contributed by atoms with E-state index in [0.29, 0.717) is 0 Å². The van der Waals surface area contributed by atoms with Crippen LogP contribution in [0.5, 0.6) is 11.5 Å². The van der Waals surface area contributed by atoms with Crippen LogP contribution in [-0.4, -0.2) is 24.2 Å². The Morgan fingerprint density at radius 2 is 0.839 bits per heavy atom. The summed E-state index contributed by atoms with van der Waals surface area (Å²) in [5.74, 6) is 1.66. The molecule has 2 aromatic heterocycles. The highest BCUT2D eigenvalue weighted by Gasteiger charge is 2.09. The molecular weight excluding hydrogens is 408 g/mol. The van der Waals surface area contributed by atoms with E-state index < -0.39 is 0 Å². The molecule has 0 saturated carbocycles. The molecule has 0 N–H and O–H groups in total. The van der Waals surface area contributed by atoms with Crippen molar-refractivity contribution in [1.82, 2.24) is 9.97 Å². The lowest BCUT2D eigenvalue weighted by Gasteiger charge is -2.09. The van der Waals surface area contributed by atoms with Crippen molar-refractivity contribution in [3.05, 3.63) is 84.9 Å². The highest BCUT2D eigenvalue weighted by atomic mass is 35.5. The van der Waals surface area contributed by atoms with Gasteiger partial charge in [-0.15, -0.1) is 12.4 Å². The maximum absolute atomic E-state index is 5.26. The van der Waals surface area contributed by atoms with Gasteiger partial charge in [0.2, 0.25) is 0 Å². The molecule has 5 rings (SSSR count). The molecule has 0 aliphatic heterocycles. The van der Waals surface area contributed by atoms with Crippen molar-refractivity contribution >= 4 is 34.2 Å². The van der Waals surface area contributed by atoms with Crippen LogP contribution in [-0.2, 0) is 0 Å². The normalized spacial score (nSPS) is 10.6. The van der Waals surface area contributed by atoms with Gasteiger partial charge in [0.25, 0.3) is 0 Å². The third-order valence-electron chi connectivity index (χ3n) is 5.29. The molecular formula is C26H21ClN2O2. The van der Waals surface area contributed by atoms with E-state index in [4.69, 9.17) is 19.4 Å². The predicted octanol–water partition coefficient (Wildman–Crippen LogP) is 6.56. The van der Waals surface area contributed by atoms with Crippen LogP contribution < -0.4 is 9.47 Å². The van der Waals surface area contributed by atoms with E-state index in [2.05, 4.69) is 24.3 Å². The first-order valence-electron chi connectivity index (χ1n) is 9.74. The maximum atomic E-state index is 5.26. The molecule has 3 aromatic carbocycles. The molecule has 0 bridgehead atoms. The molecule has 0 amide bonds. The summed E-state index contributed by atoms with van der Waals surface area (Å²) in [6.45, 7) is 0. The van der Waals surface area contributed by atoms with Gasteiger partial charge in [-0.05, 0) is 60.7 Å². The summed E-state index contributed by atoms with van der Waals surface area (Å²) in [7, 11) is 3.34. The molecule has 0 spiro atoms. The molecule has 0 radical (unpaired) electrons. The zero-order chi connectivity index (χ0) is 20.5. The first-order chi connectivity index (χ1) is 14.7. The lowest BCUT2D eigenvalue weighted by Crippen LogP contribution is -1.91. The molecule has 5 aromatic rings. The lowest BCUT2D eigenvalue weighted by molar-refractivity contribution is 0.415. The minimum Gasteiger partial charge on any atom is -0.497 e. The lowest BCUT2D eigenvalue weighted by atomic mass is 10.1. The second-order valence-electron chi connectivity index (χ2n) is 7.06. The molecule has 31 heavy (non-hydrogen) atoms. The van der Waals surface area contributed by atoms with Crippen molar-refractivity contribution < 1.29 is 9.47 Å². The summed E-state index contributed by atoms with van der Waals surface area (Å²) in [6, 6.07) is 28.4. The second kappa shape index (κ2) is 8.62. The van der Waals surface area contributed by atoms with E-state index in [1.54, 1.807) is 14.2 Å². The van der Waals surface area contributed by atoms with Crippen LogP contribution in [0.1, 0.15) is 0 Å². The van der Waals surface area contributed by atoms with Gasteiger partial charge in [-0.3, -0.25) is 0 Å². The first-order valence-corrected chi connectivity index (χ1v) is 9.74. The topological polar surface area (TPSA) is 44.2 Å². The smallest absolute Gasteiger partial charge is 0.118 e. The minimum atomic E-state index is 0. The number of benzene rings is 3. The Balaban J connectivity index is 0.00000231. The molecule has 0 unspecified atom stereocenters. The van der Waals surface area contributed by atoms with Gasteiger partial charge in [0.05, 0.1) is 36.6 Å². The number of rotatable bonds is 4. The second-order valence-corrected chi connectivity index (χ2v) is 7.06. The van der Waals surface area contributed by atoms with Crippen LogP contribution in [0.3, 0.4) is 0 Å². The minimum absolute atomic E-state index is 0. The summed E-state index contributed by atoms with van der Waals surface area (Å²) in [5, 5.41) is 2.14. The van der Waals surface area contributed by atoms with Gasteiger partial charge in [-0.25, -0.2) is 9.97 Å². The van der Waals surface area contributed by atoms with Crippen molar-refractivity contribution in [2.75, 3.05) is 14.2 Å². The maximum Gasteiger partial charge on any atom is 0.118 e. The van der Waals surface area contributed by atoms with E-state index in [9.17, 15) is 0 Å². The van der Waals surface area contributed by atoms with Crippen molar-refractivity contribution in [2.24, 2.45) is 0 Å². The SMILES string of the molecule is COc1ccc(-c2ccc3ccc4ccc(-c5ccc(OC)cc5)nc4c3n2)cc1.Cl. The Hall–Kier alpha value is -3.63. The van der Waals surface area contributed by atoms with Crippen molar-refractivity contribution in [3.8, 4) is 34.0 Å². The number of hydrogen-bond donors (Lipinski definition) is 0. The fourth-order valence-corrected chi connectivity index (χ4v) is 3.61. The average molecular weight is 429 g/mol. The number of methoxy groups -OCH3 is 2. The average Bonchev–Trinajstić information content (AvgIpc) is 2.83. The number of halogens is 1. The Morgan fingerprint density at radius 3 is 1.19 bits per heavy atom. The van der Waals surface area contributed by atoms with Gasteiger partial charge in [0.1, 0.15) is 11.5 Å². The zero-order valence-corrected chi connectivity index (χ0v) is 18.0. The van der Waals surface area contributed by atoms with Crippen LogP contribution in [0.25, 0.3) is 44.3 Å². The number of aromatic nitrogens is 2. The van der Waals surface area contributed by atoms with E-state index in [0.717, 1.165) is 55.8 Å². The third-order valence-corrected chi connectivity index (χ3v) is 5.29. The summed E-state index contributed by atoms with van der Waals surface area (Å²) in [5.41, 5.74) is 5.71. The zero-order valence-electron chi connectivity index (χ0n) is 17.2. The van der Waals surface area contributed by atoms with Crippen LogP contribution in [0.4, 0.5) is 0 Å². The molecule has 4 nitrogen and oxygen atoms in total. The van der Waals surface area contributed by atoms with Gasteiger partial charge in [0, 0.05) is 21.9 Å². The van der Waals surface area contributed by atoms with E-state index in [-0.39, 0.29) is 12.4 Å². The van der Waals surface area contributed by atoms with Crippen LogP contribution in [0.2, 0.25) is 0 Å². The van der Waals surface area contributed by atoms with Gasteiger partial charge in [0.15, 0.2) is 0 Å². The molecule has 0 atom stereocenters. The third kappa shape index (κ3) is 3.90. The fourth-order valence-electron chi connectivity index (χ4n) is 3.61. The number of fused-ring (bicyclic) bond motifs is 3. The molecule has 0 aliphatic rings. The molecule has 0 aliphatic carbocycles. The molecule has 154 valence electrons. The van der Waals surface area contributed by atoms with Gasteiger partial charge < -0.3 is 9.47 Å². The molecule has 2 heterocycles. The van der Waals surface area contributed by atoms with Gasteiger partial charge in [-0.2, -0.15) is 0 Å². The number of nitrogens with zero attached hydrogens (tertiary/aromatic N) is 2. The highest BCUT2D eigenvalue weighted by Crippen LogP contribution is 2.29. The van der Waals surface area contributed by atoms with Crippen molar-refractivity contribution in [2.45, 2.75) is 0 Å². The predicted molar refractivity (Wildman–Crippen MR) is 128 cm³/mol. The quantitative estimate of drug-likeness (QED) is 0.304. The summed E-state index contributed by atoms with van der Waals surface area (Å²) in [4.78, 5) is 9.94. The van der Waals surface area contributed by atoms with Gasteiger partial charge >= 0.3 is 0 Å². The Morgan fingerprint density at radius 1 is 0.484 bits per heavy atom. The van der Waals surface area contributed by atoms with Crippen LogP contribution >= 0.6 is 12.4 Å². The van der Waals surface area contributed by atoms with E-state index in [1.165, 1.54) is 0 Å². The van der Waals surface area contributed by atoms with Crippen molar-refractivity contribution in [1.29, 1.82) is 0 Å². The standard InChI is InChI=1S/C26H20N2O2.ClH/c1-29-21-11-5-17(6-12-21)23-15-9-19-3-4-20-10-16-24(28-26(20)25(19)27-23)18-7-13-22(30-2)14-8-18;/h3-16H,1-2H3;1H. The Labute approximate surface area is 186 Å². The number of pyridine rings is 2. The number of hydrogen-bond acceptors (Lipinski definition) is 4. The Kier molecular flexibility index (Phi) is 5.74. The summed E-state index contributed by atoms with van der Waals surface area (Å²) in [6.07, 6.45) is 0. The largest absolute Gasteiger partial charge is 0.497 e. The Bertz CT molecular complexity index is 1240. The summed E-state index contributed by atoms with van der Waals surface area (Å²) < 4.78 is 10.5. The highest BCUT2D eigenvalue weighted by molar-refractivity contribution is 6.04. The van der Waals surface area contributed by atoms with Crippen molar-refractivity contribution in [3.63, 3.8) is 0 Å². The first kappa shape index (κ1) is 20.6. The number of ether oxygens (including phenoxy) is 2. The van der Waals surface area contributed by atoms with E-state index in [1.807, 2.05) is 60.7 Å². The van der Waals surface area contributed by atoms with Crippen LogP contribution in [0.15, 0.2) is 84.9 Å². The van der Waals surface area contributed by atoms with Crippen LogP contribution in [0, 0.1) is 0 Å². The summed E-state index contributed by atoms with van der Waals surface area (Å²) >= 11 is 0. The molecule has 5 heteroatoms. The molecule has 0 fully saturated rings. The van der Waals surface area contributed by atoms with E-state index >= 15 is 0 Å².